The van der Waals surface area contributed by atoms with Crippen molar-refractivity contribution in [1.29, 1.82) is 0 Å². The van der Waals surface area contributed by atoms with Gasteiger partial charge in [-0.3, -0.25) is 4.79 Å². The quantitative estimate of drug-likeness (QED) is 0.104. The van der Waals surface area contributed by atoms with Crippen molar-refractivity contribution in [3.8, 4) is 28.4 Å². The Bertz CT molecular complexity index is 2620. The summed E-state index contributed by atoms with van der Waals surface area (Å²) in [6, 6.07) is 42.8. The molecule has 0 aliphatic heterocycles. The van der Waals surface area contributed by atoms with Crippen molar-refractivity contribution >= 4 is 22.6 Å². The number of methoxy groups -OCH3 is 2. The van der Waals surface area contributed by atoms with Crippen molar-refractivity contribution in [3.05, 3.63) is 173 Å². The molecule has 3 aliphatic rings. The van der Waals surface area contributed by atoms with Crippen molar-refractivity contribution in [2.45, 2.75) is 83.0 Å². The molecule has 0 spiro atoms. The predicted molar refractivity (Wildman–Crippen MR) is 249 cm³/mol. The molecular weight excluding hydrogens is 787 g/mol. The maximum atomic E-state index is 14.8. The maximum Gasteiger partial charge on any atom is 0.415 e. The number of carbonyl (C=O) groups is 2. The van der Waals surface area contributed by atoms with Gasteiger partial charge in [-0.05, 0) is 121 Å². The number of amides is 1. The number of rotatable bonds is 10. The fourth-order valence-corrected chi connectivity index (χ4v) is 9.88. The van der Waals surface area contributed by atoms with Crippen LogP contribution in [0.5, 0.6) is 17.2 Å². The fraction of sp³-hybridized carbons (Fsp3) is 0.309. The molecule has 63 heavy (non-hydrogen) atoms. The molecule has 2 N–H and O–H groups in total. The Morgan fingerprint density at radius 3 is 2.25 bits per heavy atom. The van der Waals surface area contributed by atoms with Crippen molar-refractivity contribution in [2.24, 2.45) is 5.41 Å². The minimum atomic E-state index is -1.40. The zero-order valence-electron chi connectivity index (χ0n) is 36.7. The van der Waals surface area contributed by atoms with Gasteiger partial charge >= 0.3 is 6.09 Å². The Morgan fingerprint density at radius 1 is 0.762 bits per heavy atom. The summed E-state index contributed by atoms with van der Waals surface area (Å²) in [6.45, 7) is 4.29. The minimum Gasteiger partial charge on any atom is -0.497 e. The topological polar surface area (TPSA) is 106 Å². The number of nitrogens with zero attached hydrogens (tertiary/aromatic N) is 1. The summed E-state index contributed by atoms with van der Waals surface area (Å²) in [6.07, 6.45) is 5.07. The van der Waals surface area contributed by atoms with Gasteiger partial charge in [0.05, 0.1) is 39.0 Å². The van der Waals surface area contributed by atoms with Crippen molar-refractivity contribution in [3.63, 3.8) is 0 Å². The van der Waals surface area contributed by atoms with Gasteiger partial charge in [0.2, 0.25) is 0 Å². The lowest BCUT2D eigenvalue weighted by atomic mass is 9.64. The average molecular weight is 844 g/mol. The van der Waals surface area contributed by atoms with Crippen LogP contribution in [0.25, 0.3) is 21.9 Å². The van der Waals surface area contributed by atoms with E-state index in [0.717, 1.165) is 45.0 Å². The molecule has 0 saturated heterocycles. The van der Waals surface area contributed by atoms with Gasteiger partial charge in [-0.1, -0.05) is 116 Å². The Hall–Kier alpha value is -6.22. The molecule has 8 heteroatoms. The zero-order valence-corrected chi connectivity index (χ0v) is 36.7. The van der Waals surface area contributed by atoms with E-state index in [0.29, 0.717) is 66.9 Å². The number of hydrogen-bond donors (Lipinski definition) is 2. The third kappa shape index (κ3) is 9.29. The highest BCUT2D eigenvalue weighted by atomic mass is 16.6. The summed E-state index contributed by atoms with van der Waals surface area (Å²) in [7, 11) is 3.17. The van der Waals surface area contributed by atoms with Crippen LogP contribution >= 0.6 is 0 Å². The third-order valence-electron chi connectivity index (χ3n) is 13.7. The molecule has 0 radical (unpaired) electrons. The van der Waals surface area contributed by atoms with Gasteiger partial charge in [0.15, 0.2) is 5.78 Å². The Morgan fingerprint density at radius 2 is 1.49 bits per heavy atom. The van der Waals surface area contributed by atoms with E-state index in [1.54, 1.807) is 31.3 Å². The molecule has 324 valence electrons. The normalized spacial score (nSPS) is 21.2. The first kappa shape index (κ1) is 43.4. The number of ether oxygens (including phenoxy) is 3. The SMILES string of the molecule is COc1ccc(CN(CC2(O)CCC3c4ccc(cc4C(=O)c4ccc(-c5ccccc5)cc4)CC(O)CCC(C)=CCCC32C)C(=O)Oc2ccc3ccccc3c2)c(OC)c1. The number of aliphatic hydroxyl groups excluding tert-OH is 1. The van der Waals surface area contributed by atoms with Crippen LogP contribution in [0.1, 0.15) is 90.9 Å². The van der Waals surface area contributed by atoms with Gasteiger partial charge in [-0.15, -0.1) is 0 Å². The first-order chi connectivity index (χ1) is 30.5. The molecule has 0 aromatic heterocycles. The van der Waals surface area contributed by atoms with Crippen LogP contribution in [-0.4, -0.2) is 59.5 Å². The monoisotopic (exact) mass is 843 g/mol. The molecule has 1 saturated carbocycles. The molecule has 8 nitrogen and oxygen atoms in total. The highest BCUT2D eigenvalue weighted by Crippen LogP contribution is 2.59. The number of aliphatic hydroxyl groups is 2. The summed E-state index contributed by atoms with van der Waals surface area (Å²) in [5, 5.41) is 26.5. The van der Waals surface area contributed by atoms with E-state index >= 15 is 0 Å². The number of benzene rings is 6. The second kappa shape index (κ2) is 18.6. The van der Waals surface area contributed by atoms with Crippen LogP contribution in [-0.2, 0) is 13.0 Å². The lowest BCUT2D eigenvalue weighted by Gasteiger charge is -2.46. The number of fused-ring (bicyclic) bond motifs is 9. The van der Waals surface area contributed by atoms with E-state index in [-0.39, 0.29) is 24.8 Å². The standard InChI is InChI=1S/C55H57NO7/c1-37-11-10-29-54(2)50(48-27-17-38(31-45(57)24-16-37)32-49(48)52(58)42-20-18-41(19-21-42)39-12-6-5-7-13-39)28-30-55(54,60)36-56(35-44-23-25-46(61-3)34-51(44)62-4)53(59)63-47-26-22-40-14-8-9-15-43(40)33-47/h5-9,11-15,17-23,25-27,32-34,45,50,57,60H,10,16,24,28-31,35-36H2,1-4H3. The second-order valence-electron chi connectivity index (χ2n) is 17.6. The molecule has 2 bridgehead atoms. The number of allylic oxidation sites excluding steroid dienone is 2. The van der Waals surface area contributed by atoms with Crippen LogP contribution in [0.4, 0.5) is 4.79 Å². The Balaban J connectivity index is 1.18. The lowest BCUT2D eigenvalue weighted by Crippen LogP contribution is -2.54. The molecule has 3 aliphatic carbocycles. The Kier molecular flexibility index (Phi) is 12.8. The van der Waals surface area contributed by atoms with Crippen molar-refractivity contribution in [1.82, 2.24) is 4.90 Å². The fourth-order valence-electron chi connectivity index (χ4n) is 9.88. The number of carbonyl (C=O) groups excluding carboxylic acids is 2. The molecular formula is C55H57NO7. The van der Waals surface area contributed by atoms with Gasteiger partial charge in [-0.2, -0.15) is 0 Å². The van der Waals surface area contributed by atoms with Crippen LogP contribution < -0.4 is 14.2 Å². The molecule has 1 fully saturated rings. The molecule has 0 heterocycles. The molecule has 4 atom stereocenters. The average Bonchev–Trinajstić information content (AvgIpc) is 3.56. The smallest absolute Gasteiger partial charge is 0.415 e. The van der Waals surface area contributed by atoms with Gasteiger partial charge in [0.1, 0.15) is 17.2 Å². The van der Waals surface area contributed by atoms with E-state index in [1.807, 2.05) is 109 Å². The van der Waals surface area contributed by atoms with E-state index in [1.165, 1.54) is 5.57 Å². The summed E-state index contributed by atoms with van der Waals surface area (Å²) in [5.74, 6) is 1.22. The van der Waals surface area contributed by atoms with E-state index in [4.69, 9.17) is 14.2 Å². The third-order valence-corrected chi connectivity index (χ3v) is 13.7. The van der Waals surface area contributed by atoms with Crippen molar-refractivity contribution < 1.29 is 34.0 Å². The van der Waals surface area contributed by atoms with Gasteiger partial charge in [-0.25, -0.2) is 4.79 Å². The first-order valence-electron chi connectivity index (χ1n) is 22.0. The maximum absolute atomic E-state index is 14.8. The van der Waals surface area contributed by atoms with E-state index in [2.05, 4.69) is 32.1 Å². The molecule has 6 aromatic carbocycles. The van der Waals surface area contributed by atoms with Gasteiger partial charge in [0.25, 0.3) is 0 Å². The zero-order chi connectivity index (χ0) is 44.1. The minimum absolute atomic E-state index is 0.0290. The second-order valence-corrected chi connectivity index (χ2v) is 17.6. The van der Waals surface area contributed by atoms with Crippen LogP contribution in [0.15, 0.2) is 145 Å². The largest absolute Gasteiger partial charge is 0.497 e. The first-order valence-corrected chi connectivity index (χ1v) is 22.0. The number of ketones is 1. The van der Waals surface area contributed by atoms with Gasteiger partial charge in [0, 0.05) is 28.2 Å². The summed E-state index contributed by atoms with van der Waals surface area (Å²) >= 11 is 0. The summed E-state index contributed by atoms with van der Waals surface area (Å²) in [5.41, 5.74) is 4.70. The molecule has 1 amide bonds. The van der Waals surface area contributed by atoms with Crippen LogP contribution in [0.3, 0.4) is 0 Å². The highest BCUT2D eigenvalue weighted by molar-refractivity contribution is 6.10. The van der Waals surface area contributed by atoms with E-state index in [9.17, 15) is 19.8 Å². The summed E-state index contributed by atoms with van der Waals surface area (Å²) < 4.78 is 17.4. The molecule has 9 rings (SSSR count). The summed E-state index contributed by atoms with van der Waals surface area (Å²) in [4.78, 5) is 31.0. The highest BCUT2D eigenvalue weighted by Gasteiger charge is 2.58. The van der Waals surface area contributed by atoms with Crippen molar-refractivity contribution in [2.75, 3.05) is 20.8 Å². The predicted octanol–water partition coefficient (Wildman–Crippen LogP) is 11.5. The lowest BCUT2D eigenvalue weighted by molar-refractivity contribution is -0.0802. The van der Waals surface area contributed by atoms with E-state index < -0.39 is 23.2 Å². The molecule has 6 aromatic rings. The van der Waals surface area contributed by atoms with Gasteiger partial charge < -0.3 is 29.3 Å². The van der Waals surface area contributed by atoms with Crippen LogP contribution in [0, 0.1) is 5.41 Å². The Labute approximate surface area is 370 Å². The number of hydrogen-bond acceptors (Lipinski definition) is 7. The van der Waals surface area contributed by atoms with Crippen LogP contribution in [0.2, 0.25) is 0 Å². The molecule has 4 unspecified atom stereocenters.